The first kappa shape index (κ1) is 16.2. The lowest BCUT2D eigenvalue weighted by Gasteiger charge is -2.32. The fraction of sp³-hybridized carbons (Fsp3) is 0.316. The topological polar surface area (TPSA) is 40.5 Å². The smallest absolute Gasteiger partial charge is 0.335 e. The summed E-state index contributed by atoms with van der Waals surface area (Å²) in [5.41, 5.74) is 2.94. The summed E-state index contributed by atoms with van der Waals surface area (Å²) in [5.74, 6) is -0.248. The molecule has 3 nitrogen and oxygen atoms in total. The van der Waals surface area contributed by atoms with Crippen molar-refractivity contribution >= 4 is 21.9 Å². The Morgan fingerprint density at radius 3 is 2.35 bits per heavy atom. The summed E-state index contributed by atoms with van der Waals surface area (Å²) in [6.07, 6.45) is 2.33. The molecule has 1 fully saturated rings. The van der Waals surface area contributed by atoms with Gasteiger partial charge in [-0.1, -0.05) is 46.3 Å². The number of hydrogen-bond donors (Lipinski definition) is 1. The van der Waals surface area contributed by atoms with E-state index in [1.165, 1.54) is 15.6 Å². The van der Waals surface area contributed by atoms with Gasteiger partial charge in [0.05, 0.1) is 5.56 Å². The number of nitrogens with zero attached hydrogens (tertiary/aromatic N) is 1. The summed E-state index contributed by atoms with van der Waals surface area (Å²) in [7, 11) is 0. The number of halogens is 1. The molecule has 2 aromatic carbocycles. The quantitative estimate of drug-likeness (QED) is 0.855. The number of rotatable bonds is 4. The van der Waals surface area contributed by atoms with Crippen LogP contribution in [0.2, 0.25) is 0 Å². The van der Waals surface area contributed by atoms with Gasteiger partial charge in [0.2, 0.25) is 0 Å². The minimum Gasteiger partial charge on any atom is -0.478 e. The molecular weight excluding hydrogens is 354 g/mol. The number of carboxylic acids is 1. The Kier molecular flexibility index (Phi) is 5.13. The molecule has 1 N–H and O–H groups in total. The number of aromatic carboxylic acids is 1. The molecule has 2 aromatic rings. The average molecular weight is 374 g/mol. The van der Waals surface area contributed by atoms with Crippen molar-refractivity contribution in [3.63, 3.8) is 0 Å². The summed E-state index contributed by atoms with van der Waals surface area (Å²) in [4.78, 5) is 13.3. The minimum atomic E-state index is -0.870. The van der Waals surface area contributed by atoms with Crippen LogP contribution in [-0.4, -0.2) is 29.1 Å². The van der Waals surface area contributed by atoms with E-state index in [9.17, 15) is 4.79 Å². The SMILES string of the molecule is O=C(O)c1ccc(CN2CCC(c3ccccc3Br)CC2)cc1. The Balaban J connectivity index is 1.57. The van der Waals surface area contributed by atoms with Crippen LogP contribution in [0.25, 0.3) is 0 Å². The summed E-state index contributed by atoms with van der Waals surface area (Å²) in [6, 6.07) is 15.7. The van der Waals surface area contributed by atoms with E-state index >= 15 is 0 Å². The summed E-state index contributed by atoms with van der Waals surface area (Å²) in [6.45, 7) is 3.04. The molecule has 0 saturated carbocycles. The van der Waals surface area contributed by atoms with Crippen molar-refractivity contribution in [3.05, 3.63) is 69.7 Å². The Bertz CT molecular complexity index is 676. The van der Waals surface area contributed by atoms with Crippen LogP contribution in [0.3, 0.4) is 0 Å². The highest BCUT2D eigenvalue weighted by molar-refractivity contribution is 9.10. The second-order valence-corrected chi connectivity index (χ2v) is 6.93. The van der Waals surface area contributed by atoms with Crippen molar-refractivity contribution in [3.8, 4) is 0 Å². The lowest BCUT2D eigenvalue weighted by molar-refractivity contribution is 0.0697. The van der Waals surface area contributed by atoms with E-state index in [0.29, 0.717) is 11.5 Å². The molecule has 0 aliphatic carbocycles. The maximum absolute atomic E-state index is 10.9. The second-order valence-electron chi connectivity index (χ2n) is 6.07. The maximum atomic E-state index is 10.9. The van der Waals surface area contributed by atoms with Crippen molar-refractivity contribution < 1.29 is 9.90 Å². The van der Waals surface area contributed by atoms with Crippen LogP contribution >= 0.6 is 15.9 Å². The fourth-order valence-electron chi connectivity index (χ4n) is 3.22. The summed E-state index contributed by atoms with van der Waals surface area (Å²) >= 11 is 3.66. The number of benzene rings is 2. The third-order valence-electron chi connectivity index (χ3n) is 4.54. The zero-order valence-corrected chi connectivity index (χ0v) is 14.5. The molecule has 1 aliphatic heterocycles. The highest BCUT2D eigenvalue weighted by Gasteiger charge is 2.21. The monoisotopic (exact) mass is 373 g/mol. The molecule has 23 heavy (non-hydrogen) atoms. The Morgan fingerprint density at radius 2 is 1.74 bits per heavy atom. The van der Waals surface area contributed by atoms with Gasteiger partial charge < -0.3 is 5.11 Å². The number of hydrogen-bond acceptors (Lipinski definition) is 2. The molecule has 0 unspecified atom stereocenters. The van der Waals surface area contributed by atoms with E-state index in [1.54, 1.807) is 12.1 Å². The highest BCUT2D eigenvalue weighted by Crippen LogP contribution is 2.33. The molecule has 0 aromatic heterocycles. The van der Waals surface area contributed by atoms with Gasteiger partial charge in [-0.25, -0.2) is 4.79 Å². The lowest BCUT2D eigenvalue weighted by atomic mass is 9.89. The first-order chi connectivity index (χ1) is 11.1. The molecule has 0 spiro atoms. The van der Waals surface area contributed by atoms with Crippen molar-refractivity contribution in [2.75, 3.05) is 13.1 Å². The second kappa shape index (κ2) is 7.28. The Morgan fingerprint density at radius 1 is 1.09 bits per heavy atom. The Labute approximate surface area is 145 Å². The Hall–Kier alpha value is -1.65. The number of piperidine rings is 1. The van der Waals surface area contributed by atoms with Crippen LogP contribution in [-0.2, 0) is 6.54 Å². The summed E-state index contributed by atoms with van der Waals surface area (Å²) < 4.78 is 1.21. The summed E-state index contributed by atoms with van der Waals surface area (Å²) in [5, 5.41) is 8.94. The van der Waals surface area contributed by atoms with E-state index in [-0.39, 0.29) is 0 Å². The molecule has 0 amide bonds. The van der Waals surface area contributed by atoms with Crippen LogP contribution in [0.4, 0.5) is 0 Å². The van der Waals surface area contributed by atoms with Gasteiger partial charge in [-0.2, -0.15) is 0 Å². The third-order valence-corrected chi connectivity index (χ3v) is 5.26. The van der Waals surface area contributed by atoms with E-state index in [1.807, 2.05) is 12.1 Å². The van der Waals surface area contributed by atoms with Crippen molar-refractivity contribution in [1.82, 2.24) is 4.90 Å². The highest BCUT2D eigenvalue weighted by atomic mass is 79.9. The van der Waals surface area contributed by atoms with E-state index < -0.39 is 5.97 Å². The van der Waals surface area contributed by atoms with E-state index in [0.717, 1.165) is 32.5 Å². The predicted molar refractivity (Wildman–Crippen MR) is 94.8 cm³/mol. The normalized spacial score (nSPS) is 16.4. The zero-order valence-electron chi connectivity index (χ0n) is 12.9. The van der Waals surface area contributed by atoms with Crippen LogP contribution in [0.5, 0.6) is 0 Å². The van der Waals surface area contributed by atoms with Gasteiger partial charge in [-0.05, 0) is 61.2 Å². The number of carbonyl (C=O) groups is 1. The van der Waals surface area contributed by atoms with Crippen LogP contribution in [0, 0.1) is 0 Å². The molecule has 120 valence electrons. The first-order valence-electron chi connectivity index (χ1n) is 7.92. The molecule has 1 heterocycles. The number of carboxylic acid groups (broad SMARTS) is 1. The van der Waals surface area contributed by atoms with E-state index in [2.05, 4.69) is 45.1 Å². The predicted octanol–water partition coefficient (Wildman–Crippen LogP) is 4.53. The van der Waals surface area contributed by atoms with Gasteiger partial charge in [-0.15, -0.1) is 0 Å². The zero-order chi connectivity index (χ0) is 16.2. The average Bonchev–Trinajstić information content (AvgIpc) is 2.57. The third kappa shape index (κ3) is 4.01. The van der Waals surface area contributed by atoms with Gasteiger partial charge in [0.15, 0.2) is 0 Å². The first-order valence-corrected chi connectivity index (χ1v) is 8.72. The van der Waals surface area contributed by atoms with Gasteiger partial charge in [-0.3, -0.25) is 4.90 Å². The van der Waals surface area contributed by atoms with E-state index in [4.69, 9.17) is 5.11 Å². The van der Waals surface area contributed by atoms with Crippen LogP contribution < -0.4 is 0 Å². The van der Waals surface area contributed by atoms with Crippen LogP contribution in [0.1, 0.15) is 40.2 Å². The van der Waals surface area contributed by atoms with Crippen molar-refractivity contribution in [2.45, 2.75) is 25.3 Å². The fourth-order valence-corrected chi connectivity index (χ4v) is 3.83. The van der Waals surface area contributed by atoms with Gasteiger partial charge in [0.25, 0.3) is 0 Å². The molecule has 4 heteroatoms. The standard InChI is InChI=1S/C19H20BrNO2/c20-18-4-2-1-3-17(18)15-9-11-21(12-10-15)13-14-5-7-16(8-6-14)19(22)23/h1-8,15H,9-13H2,(H,22,23). The molecule has 0 atom stereocenters. The van der Waals surface area contributed by atoms with Gasteiger partial charge in [0, 0.05) is 11.0 Å². The van der Waals surface area contributed by atoms with Crippen molar-refractivity contribution in [2.24, 2.45) is 0 Å². The molecule has 1 saturated heterocycles. The van der Waals surface area contributed by atoms with Gasteiger partial charge >= 0.3 is 5.97 Å². The largest absolute Gasteiger partial charge is 0.478 e. The lowest BCUT2D eigenvalue weighted by Crippen LogP contribution is -2.32. The van der Waals surface area contributed by atoms with Gasteiger partial charge in [0.1, 0.15) is 0 Å². The van der Waals surface area contributed by atoms with Crippen molar-refractivity contribution in [1.29, 1.82) is 0 Å². The number of likely N-dealkylation sites (tertiary alicyclic amines) is 1. The molecule has 0 bridgehead atoms. The van der Waals surface area contributed by atoms with Crippen LogP contribution in [0.15, 0.2) is 53.0 Å². The molecular formula is C19H20BrNO2. The minimum absolute atomic E-state index is 0.349. The molecule has 1 aliphatic rings. The molecule has 3 rings (SSSR count). The maximum Gasteiger partial charge on any atom is 0.335 e. The molecule has 0 radical (unpaired) electrons.